The fourth-order valence-electron chi connectivity index (χ4n) is 6.76. The second kappa shape index (κ2) is 41.7. The summed E-state index contributed by atoms with van der Waals surface area (Å²) < 4.78 is 35.0. The monoisotopic (exact) mass is 829 g/mol. The molecule has 0 saturated heterocycles. The van der Waals surface area contributed by atoms with Crippen LogP contribution in [0.5, 0.6) is 0 Å². The second-order valence-corrected chi connectivity index (χ2v) is 19.0. The lowest BCUT2D eigenvalue weighted by molar-refractivity contribution is -0.870. The van der Waals surface area contributed by atoms with Crippen molar-refractivity contribution in [3.8, 4) is 0 Å². The summed E-state index contributed by atoms with van der Waals surface area (Å²) in [6, 6.07) is 0. The number of hydrogen-bond donors (Lipinski definition) is 1. The second-order valence-electron chi connectivity index (χ2n) is 17.5. The summed E-state index contributed by atoms with van der Waals surface area (Å²) in [6.45, 7) is 5.62. The van der Waals surface area contributed by atoms with Crippen molar-refractivity contribution in [3.63, 3.8) is 0 Å². The van der Waals surface area contributed by atoms with Gasteiger partial charge in [0, 0.05) is 13.0 Å². The molecular weight excluding hydrogens is 734 g/mol. The first-order chi connectivity index (χ1) is 27.6. The van der Waals surface area contributed by atoms with Gasteiger partial charge in [-0.05, 0) is 44.9 Å². The number of carbonyl (C=O) groups excluding carboxylic acids is 1. The van der Waals surface area contributed by atoms with Gasteiger partial charge in [-0.15, -0.1) is 0 Å². The summed E-state index contributed by atoms with van der Waals surface area (Å²) in [5, 5.41) is 0. The standard InChI is InChI=1S/C48H94NO7P/c1-6-8-10-12-14-16-17-18-19-20-21-22-23-24-25-26-27-28-29-30-31-32-34-36-38-40-43-53-45-47(46-55-57(51,52)54-44-42-49(3,4)5)56-48(50)41-39-37-35-33-15-13-11-9-7-2/h17-18,20-21,47H,6-16,19,22-46H2,1-5H3/p+1/b18-17-,21-20-. The lowest BCUT2D eigenvalue weighted by atomic mass is 10.0. The zero-order valence-corrected chi connectivity index (χ0v) is 39.2. The van der Waals surface area contributed by atoms with Gasteiger partial charge in [0.15, 0.2) is 0 Å². The molecular formula is C48H95NO7P+. The van der Waals surface area contributed by atoms with Crippen molar-refractivity contribution in [2.45, 2.75) is 225 Å². The van der Waals surface area contributed by atoms with Gasteiger partial charge in [-0.2, -0.15) is 0 Å². The molecule has 0 amide bonds. The highest BCUT2D eigenvalue weighted by Gasteiger charge is 2.26. The highest BCUT2D eigenvalue weighted by atomic mass is 31.2. The molecule has 0 radical (unpaired) electrons. The molecule has 0 aromatic carbocycles. The van der Waals surface area contributed by atoms with Gasteiger partial charge in [0.25, 0.3) is 0 Å². The van der Waals surface area contributed by atoms with Crippen LogP contribution in [0.15, 0.2) is 24.3 Å². The van der Waals surface area contributed by atoms with E-state index in [0.29, 0.717) is 24.1 Å². The number of phosphoric ester groups is 1. The molecule has 0 heterocycles. The molecule has 8 nitrogen and oxygen atoms in total. The van der Waals surface area contributed by atoms with Gasteiger partial charge in [-0.25, -0.2) is 4.57 Å². The Bertz CT molecular complexity index is 967. The number of esters is 1. The fourth-order valence-corrected chi connectivity index (χ4v) is 7.50. The molecule has 0 aromatic heterocycles. The highest BCUT2D eigenvalue weighted by molar-refractivity contribution is 7.47. The molecule has 0 aliphatic heterocycles. The Hall–Kier alpha value is -1.02. The number of rotatable bonds is 45. The third-order valence-corrected chi connectivity index (χ3v) is 11.5. The Balaban J connectivity index is 3.97. The Morgan fingerprint density at radius 3 is 1.42 bits per heavy atom. The summed E-state index contributed by atoms with van der Waals surface area (Å²) in [4.78, 5) is 22.8. The molecule has 0 aliphatic rings. The number of nitrogens with zero attached hydrogens (tertiary/aromatic N) is 1. The Kier molecular flexibility index (Phi) is 41.0. The van der Waals surface area contributed by atoms with Crippen molar-refractivity contribution in [1.29, 1.82) is 0 Å². The first-order valence-electron chi connectivity index (χ1n) is 24.1. The minimum absolute atomic E-state index is 0.0909. The molecule has 0 fully saturated rings. The summed E-state index contributed by atoms with van der Waals surface area (Å²) in [7, 11) is 1.68. The Labute approximate surface area is 353 Å². The number of ether oxygens (including phenoxy) is 2. The SMILES string of the molecule is CCCCCCC/C=C\C/C=C\CCCCCCCCCCCCCCCCOCC(COP(=O)(O)OCC[N+](C)(C)C)OC(=O)CCCCCCCCCCC. The molecule has 0 bridgehead atoms. The number of unbranched alkanes of at least 4 members (excludes halogenated alkanes) is 27. The van der Waals surface area contributed by atoms with Gasteiger partial charge >= 0.3 is 13.8 Å². The smallest absolute Gasteiger partial charge is 0.457 e. The zero-order valence-electron chi connectivity index (χ0n) is 38.3. The normalized spacial score (nSPS) is 13.9. The van der Waals surface area contributed by atoms with E-state index >= 15 is 0 Å². The van der Waals surface area contributed by atoms with Crippen LogP contribution in [0.2, 0.25) is 0 Å². The third-order valence-electron chi connectivity index (χ3n) is 10.5. The number of hydrogen-bond acceptors (Lipinski definition) is 6. The summed E-state index contributed by atoms with van der Waals surface area (Å²) >= 11 is 0. The van der Waals surface area contributed by atoms with Crippen molar-refractivity contribution in [1.82, 2.24) is 0 Å². The van der Waals surface area contributed by atoms with Crippen LogP contribution >= 0.6 is 7.82 Å². The first-order valence-corrected chi connectivity index (χ1v) is 25.6. The molecule has 2 unspecified atom stereocenters. The van der Waals surface area contributed by atoms with Crippen LogP contribution in [-0.4, -0.2) is 75.6 Å². The van der Waals surface area contributed by atoms with E-state index in [9.17, 15) is 14.3 Å². The average molecular weight is 829 g/mol. The molecule has 2 atom stereocenters. The highest BCUT2D eigenvalue weighted by Crippen LogP contribution is 2.43. The van der Waals surface area contributed by atoms with E-state index < -0.39 is 13.9 Å². The van der Waals surface area contributed by atoms with Gasteiger partial charge in [-0.1, -0.05) is 192 Å². The molecule has 57 heavy (non-hydrogen) atoms. The maximum Gasteiger partial charge on any atom is 0.472 e. The van der Waals surface area contributed by atoms with Crippen LogP contribution in [0.4, 0.5) is 0 Å². The van der Waals surface area contributed by atoms with Gasteiger partial charge in [-0.3, -0.25) is 13.8 Å². The molecule has 1 N–H and O–H groups in total. The lowest BCUT2D eigenvalue weighted by Gasteiger charge is -2.24. The van der Waals surface area contributed by atoms with E-state index in [4.69, 9.17) is 18.5 Å². The number of carbonyl (C=O) groups is 1. The zero-order chi connectivity index (χ0) is 42.0. The maximum atomic E-state index is 12.6. The van der Waals surface area contributed by atoms with Crippen LogP contribution in [0.1, 0.15) is 219 Å². The number of likely N-dealkylation sites (N-methyl/N-ethyl adjacent to an activating group) is 1. The maximum absolute atomic E-state index is 12.6. The van der Waals surface area contributed by atoms with Crippen molar-refractivity contribution in [3.05, 3.63) is 24.3 Å². The topological polar surface area (TPSA) is 91.3 Å². The van der Waals surface area contributed by atoms with E-state index in [1.54, 1.807) is 0 Å². The molecule has 0 spiro atoms. The average Bonchev–Trinajstić information content (AvgIpc) is 3.16. The predicted molar refractivity (Wildman–Crippen MR) is 243 cm³/mol. The van der Waals surface area contributed by atoms with Crippen molar-refractivity contribution in [2.24, 2.45) is 0 Å². The van der Waals surface area contributed by atoms with Gasteiger partial charge in [0.2, 0.25) is 0 Å². The first kappa shape index (κ1) is 56.0. The number of quaternary nitrogens is 1. The number of allylic oxidation sites excluding steroid dienone is 4. The molecule has 0 aliphatic carbocycles. The lowest BCUT2D eigenvalue weighted by Crippen LogP contribution is -2.37. The van der Waals surface area contributed by atoms with Crippen LogP contribution in [0.25, 0.3) is 0 Å². The van der Waals surface area contributed by atoms with E-state index in [0.717, 1.165) is 38.5 Å². The van der Waals surface area contributed by atoms with Gasteiger partial charge in [0.1, 0.15) is 19.3 Å². The molecule has 0 rings (SSSR count). The quantitative estimate of drug-likeness (QED) is 0.0215. The number of phosphoric acid groups is 1. The predicted octanol–water partition coefficient (Wildman–Crippen LogP) is 14.4. The van der Waals surface area contributed by atoms with Crippen molar-refractivity contribution < 1.29 is 37.3 Å². The van der Waals surface area contributed by atoms with Crippen molar-refractivity contribution >= 4 is 13.8 Å². The Morgan fingerprint density at radius 1 is 0.544 bits per heavy atom. The summed E-state index contributed by atoms with van der Waals surface area (Å²) in [5.74, 6) is -0.315. The molecule has 0 saturated carbocycles. The largest absolute Gasteiger partial charge is 0.472 e. The van der Waals surface area contributed by atoms with Crippen LogP contribution in [0.3, 0.4) is 0 Å². The summed E-state index contributed by atoms with van der Waals surface area (Å²) in [5.41, 5.74) is 0. The minimum atomic E-state index is -4.27. The van der Waals surface area contributed by atoms with Gasteiger partial charge < -0.3 is 18.9 Å². The van der Waals surface area contributed by atoms with Crippen molar-refractivity contribution in [2.75, 3.05) is 54.1 Å². The van der Waals surface area contributed by atoms with E-state index in [-0.39, 0.29) is 25.8 Å². The summed E-state index contributed by atoms with van der Waals surface area (Å²) in [6.07, 6.45) is 48.0. The Morgan fingerprint density at radius 2 is 0.965 bits per heavy atom. The van der Waals surface area contributed by atoms with Crippen LogP contribution in [-0.2, 0) is 27.9 Å². The van der Waals surface area contributed by atoms with Crippen LogP contribution < -0.4 is 0 Å². The molecule has 338 valence electrons. The third kappa shape index (κ3) is 45.9. The van der Waals surface area contributed by atoms with Gasteiger partial charge in [0.05, 0.1) is 34.4 Å². The minimum Gasteiger partial charge on any atom is -0.457 e. The van der Waals surface area contributed by atoms with E-state index in [1.807, 2.05) is 21.1 Å². The van der Waals surface area contributed by atoms with E-state index in [1.165, 1.54) is 161 Å². The molecule has 0 aromatic rings. The molecule has 9 heteroatoms. The van der Waals surface area contributed by atoms with Crippen LogP contribution in [0, 0.1) is 0 Å². The fraction of sp³-hybridized carbons (Fsp3) is 0.896. The van der Waals surface area contributed by atoms with E-state index in [2.05, 4.69) is 38.2 Å².